The van der Waals surface area contributed by atoms with Crippen LogP contribution in [0, 0.1) is 0 Å². The average molecular weight is 496 g/mol. The van der Waals surface area contributed by atoms with Gasteiger partial charge < -0.3 is 14.8 Å². The third kappa shape index (κ3) is 6.19. The molecule has 1 aromatic carbocycles. The van der Waals surface area contributed by atoms with Gasteiger partial charge in [0.1, 0.15) is 10.8 Å². The molecule has 2 aromatic heterocycles. The van der Waals surface area contributed by atoms with Crippen LogP contribution in [0.3, 0.4) is 0 Å². The lowest BCUT2D eigenvalue weighted by Crippen LogP contribution is -2.37. The zero-order valence-corrected chi connectivity index (χ0v) is 19.8. The number of benzene rings is 1. The van der Waals surface area contributed by atoms with Gasteiger partial charge in [0, 0.05) is 26.0 Å². The third-order valence-electron chi connectivity index (χ3n) is 4.44. The summed E-state index contributed by atoms with van der Waals surface area (Å²) in [7, 11) is -0.893. The van der Waals surface area contributed by atoms with Crippen molar-refractivity contribution in [2.75, 3.05) is 20.7 Å². The molecule has 3 rings (SSSR count). The number of nitrogens with zero attached hydrogens (tertiary/aromatic N) is 2. The maximum absolute atomic E-state index is 12.5. The first-order chi connectivity index (χ1) is 15.3. The largest absolute Gasteiger partial charge is 0.493 e. The number of methoxy groups -OCH3 is 1. The smallest absolute Gasteiger partial charge is 0.252 e. The van der Waals surface area contributed by atoms with Gasteiger partial charge in [-0.2, -0.15) is 4.31 Å². The van der Waals surface area contributed by atoms with Crippen molar-refractivity contribution in [3.8, 4) is 11.5 Å². The SMILES string of the molecule is COc1cc(CNC(=O)CN(C)S(=O)(=O)c2ccc(Cl)s2)ccc1OCc1ccncc1. The van der Waals surface area contributed by atoms with Gasteiger partial charge in [-0.1, -0.05) is 17.7 Å². The van der Waals surface area contributed by atoms with Crippen molar-refractivity contribution in [3.05, 3.63) is 70.3 Å². The molecule has 0 radical (unpaired) electrons. The highest BCUT2D eigenvalue weighted by molar-refractivity contribution is 7.91. The van der Waals surface area contributed by atoms with Crippen LogP contribution in [0.1, 0.15) is 11.1 Å². The van der Waals surface area contributed by atoms with E-state index in [9.17, 15) is 13.2 Å². The lowest BCUT2D eigenvalue weighted by Gasteiger charge is -2.16. The molecule has 1 N–H and O–H groups in total. The second kappa shape index (κ2) is 10.8. The van der Waals surface area contributed by atoms with E-state index >= 15 is 0 Å². The van der Waals surface area contributed by atoms with Gasteiger partial charge in [0.05, 0.1) is 18.0 Å². The summed E-state index contributed by atoms with van der Waals surface area (Å²) in [4.78, 5) is 16.3. The Morgan fingerprint density at radius 2 is 1.88 bits per heavy atom. The van der Waals surface area contributed by atoms with E-state index in [2.05, 4.69) is 10.3 Å². The number of pyridine rings is 1. The van der Waals surface area contributed by atoms with E-state index in [4.69, 9.17) is 21.1 Å². The fourth-order valence-corrected chi connectivity index (χ4v) is 5.54. The summed E-state index contributed by atoms with van der Waals surface area (Å²) in [5.41, 5.74) is 1.75. The van der Waals surface area contributed by atoms with Crippen molar-refractivity contribution in [1.82, 2.24) is 14.6 Å². The molecule has 0 bridgehead atoms. The van der Waals surface area contributed by atoms with Crippen LogP contribution >= 0.6 is 22.9 Å². The van der Waals surface area contributed by atoms with E-state index in [1.165, 1.54) is 26.3 Å². The van der Waals surface area contributed by atoms with Gasteiger partial charge >= 0.3 is 0 Å². The van der Waals surface area contributed by atoms with Gasteiger partial charge in [-0.05, 0) is 47.5 Å². The first-order valence-electron chi connectivity index (χ1n) is 9.46. The second-order valence-electron chi connectivity index (χ2n) is 6.73. The van der Waals surface area contributed by atoms with Crippen LogP contribution in [-0.2, 0) is 28.0 Å². The lowest BCUT2D eigenvalue weighted by molar-refractivity contribution is -0.121. The number of carbonyl (C=O) groups excluding carboxylic acids is 1. The molecule has 0 atom stereocenters. The summed E-state index contributed by atoms with van der Waals surface area (Å²) < 4.78 is 37.6. The van der Waals surface area contributed by atoms with Crippen LogP contribution in [0.15, 0.2) is 59.1 Å². The highest BCUT2D eigenvalue weighted by Gasteiger charge is 2.24. The number of hydrogen-bond acceptors (Lipinski definition) is 7. The molecule has 0 unspecified atom stereocenters. The maximum atomic E-state index is 12.5. The number of amides is 1. The lowest BCUT2D eigenvalue weighted by atomic mass is 10.2. The van der Waals surface area contributed by atoms with Gasteiger partial charge in [0.25, 0.3) is 10.0 Å². The van der Waals surface area contributed by atoms with Gasteiger partial charge in [-0.15, -0.1) is 11.3 Å². The Morgan fingerprint density at radius 1 is 1.12 bits per heavy atom. The van der Waals surface area contributed by atoms with Crippen LogP contribution < -0.4 is 14.8 Å². The highest BCUT2D eigenvalue weighted by atomic mass is 35.5. The number of likely N-dealkylation sites (N-methyl/N-ethyl adjacent to an activating group) is 1. The quantitative estimate of drug-likeness (QED) is 0.463. The van der Waals surface area contributed by atoms with Crippen molar-refractivity contribution in [2.24, 2.45) is 0 Å². The van der Waals surface area contributed by atoms with E-state index in [-0.39, 0.29) is 17.3 Å². The minimum Gasteiger partial charge on any atom is -0.493 e. The molecule has 0 spiro atoms. The Morgan fingerprint density at radius 3 is 2.53 bits per heavy atom. The van der Waals surface area contributed by atoms with Crippen molar-refractivity contribution < 1.29 is 22.7 Å². The number of thiophene rings is 1. The molecule has 170 valence electrons. The normalized spacial score (nSPS) is 11.4. The number of rotatable bonds is 10. The molecule has 3 aromatic rings. The van der Waals surface area contributed by atoms with E-state index in [1.807, 2.05) is 12.1 Å². The maximum Gasteiger partial charge on any atom is 0.252 e. The van der Waals surface area contributed by atoms with Gasteiger partial charge in [0.15, 0.2) is 11.5 Å². The number of nitrogens with one attached hydrogen (secondary N) is 1. The van der Waals surface area contributed by atoms with Crippen LogP contribution in [-0.4, -0.2) is 44.3 Å². The Hall–Kier alpha value is -2.66. The number of sulfonamides is 1. The van der Waals surface area contributed by atoms with Crippen molar-refractivity contribution in [3.63, 3.8) is 0 Å². The van der Waals surface area contributed by atoms with Crippen LogP contribution in [0.4, 0.5) is 0 Å². The van der Waals surface area contributed by atoms with Crippen molar-refractivity contribution in [2.45, 2.75) is 17.4 Å². The van der Waals surface area contributed by atoms with Crippen LogP contribution in [0.5, 0.6) is 11.5 Å². The fraction of sp³-hybridized carbons (Fsp3) is 0.238. The molecule has 2 heterocycles. The summed E-state index contributed by atoms with van der Waals surface area (Å²) in [5.74, 6) is 0.663. The second-order valence-corrected chi connectivity index (χ2v) is 10.7. The van der Waals surface area contributed by atoms with E-state index in [0.717, 1.165) is 26.8 Å². The minimum atomic E-state index is -3.78. The van der Waals surface area contributed by atoms with E-state index in [1.54, 1.807) is 30.6 Å². The molecule has 0 saturated carbocycles. The molecule has 1 amide bonds. The van der Waals surface area contributed by atoms with Gasteiger partial charge in [-0.25, -0.2) is 8.42 Å². The zero-order chi connectivity index (χ0) is 23.1. The number of hydrogen-bond donors (Lipinski definition) is 1. The number of aromatic nitrogens is 1. The summed E-state index contributed by atoms with van der Waals surface area (Å²) in [6, 6.07) is 12.0. The summed E-state index contributed by atoms with van der Waals surface area (Å²) in [6.07, 6.45) is 3.39. The first kappa shape index (κ1) is 24.0. The Kier molecular flexibility index (Phi) is 8.08. The van der Waals surface area contributed by atoms with Gasteiger partial charge in [0.2, 0.25) is 5.91 Å². The molecule has 0 fully saturated rings. The Labute approximate surface area is 195 Å². The highest BCUT2D eigenvalue weighted by Crippen LogP contribution is 2.29. The molecule has 0 aliphatic carbocycles. The molecule has 0 aliphatic heterocycles. The minimum absolute atomic E-state index is 0.0879. The Balaban J connectivity index is 1.56. The third-order valence-corrected chi connectivity index (χ3v) is 7.94. The molecular weight excluding hydrogens is 474 g/mol. The number of carbonyl (C=O) groups is 1. The van der Waals surface area contributed by atoms with E-state index < -0.39 is 15.9 Å². The van der Waals surface area contributed by atoms with Crippen molar-refractivity contribution in [1.29, 1.82) is 0 Å². The monoisotopic (exact) mass is 495 g/mol. The predicted molar refractivity (Wildman–Crippen MR) is 123 cm³/mol. The molecule has 0 saturated heterocycles. The van der Waals surface area contributed by atoms with Gasteiger partial charge in [-0.3, -0.25) is 9.78 Å². The summed E-state index contributed by atoms with van der Waals surface area (Å²) in [6.45, 7) is 0.256. The number of ether oxygens (including phenoxy) is 2. The molecule has 11 heteroatoms. The van der Waals surface area contributed by atoms with Crippen LogP contribution in [0.25, 0.3) is 0 Å². The van der Waals surface area contributed by atoms with Crippen molar-refractivity contribution >= 4 is 38.9 Å². The summed E-state index contributed by atoms with van der Waals surface area (Å²) >= 11 is 6.76. The average Bonchev–Trinajstić information content (AvgIpc) is 3.24. The standard InChI is InChI=1S/C21H22ClN3O5S2/c1-25(32(27,28)21-6-5-19(22)31-21)13-20(26)24-12-16-3-4-17(18(11-16)29-2)30-14-15-7-9-23-10-8-15/h3-11H,12-14H2,1-2H3,(H,24,26). The first-order valence-corrected chi connectivity index (χ1v) is 12.1. The molecule has 0 aliphatic rings. The Bertz CT molecular complexity index is 1170. The topological polar surface area (TPSA) is 97.8 Å². The molecule has 32 heavy (non-hydrogen) atoms. The fourth-order valence-electron chi connectivity index (χ4n) is 2.71. The van der Waals surface area contributed by atoms with Crippen LogP contribution in [0.2, 0.25) is 4.34 Å². The predicted octanol–water partition coefficient (Wildman–Crippen LogP) is 3.32. The number of halogens is 1. The zero-order valence-electron chi connectivity index (χ0n) is 17.4. The summed E-state index contributed by atoms with van der Waals surface area (Å²) in [5, 5.41) is 2.72. The van der Waals surface area contributed by atoms with E-state index in [0.29, 0.717) is 22.4 Å². The molecular formula is C21H22ClN3O5S2. The molecule has 8 nitrogen and oxygen atoms in total.